The van der Waals surface area contributed by atoms with Gasteiger partial charge in [0.05, 0.1) is 6.07 Å². The fourth-order valence-corrected chi connectivity index (χ4v) is 1.58. The largest absolute Gasteiger partial charge is 0.263 e. The Morgan fingerprint density at radius 2 is 2.07 bits per heavy atom. The molecular formula is C11H12BrN2. The third kappa shape index (κ3) is 2.55. The molecule has 0 aliphatic rings. The van der Waals surface area contributed by atoms with Gasteiger partial charge in [0.2, 0.25) is 0 Å². The smallest absolute Gasteiger partial charge is 0.112 e. The highest BCUT2D eigenvalue weighted by molar-refractivity contribution is 9.10. The molecular weight excluding hydrogens is 240 g/mol. The van der Waals surface area contributed by atoms with Crippen molar-refractivity contribution in [2.75, 3.05) is 0 Å². The number of nitrogens with zero attached hydrogens (tertiary/aromatic N) is 2. The van der Waals surface area contributed by atoms with Gasteiger partial charge in [-0.15, -0.1) is 0 Å². The minimum Gasteiger partial charge on any atom is -0.263 e. The van der Waals surface area contributed by atoms with Crippen molar-refractivity contribution in [2.45, 2.75) is 20.8 Å². The van der Waals surface area contributed by atoms with Gasteiger partial charge in [-0.1, -0.05) is 20.8 Å². The third-order valence-corrected chi connectivity index (χ3v) is 2.29. The number of hydrogen-bond donors (Lipinski definition) is 0. The predicted octanol–water partition coefficient (Wildman–Crippen LogP) is 3.34. The minimum atomic E-state index is -0.142. The van der Waals surface area contributed by atoms with E-state index in [1.807, 2.05) is 26.8 Å². The first-order valence-corrected chi connectivity index (χ1v) is 5.13. The molecule has 0 atom stereocenters. The van der Waals surface area contributed by atoms with Crippen LogP contribution in [0, 0.1) is 22.7 Å². The fraction of sp³-hybridized carbons (Fsp3) is 0.364. The van der Waals surface area contributed by atoms with Crippen molar-refractivity contribution in [3.8, 4) is 6.07 Å². The zero-order chi connectivity index (χ0) is 10.8. The second-order valence-corrected chi connectivity index (χ2v) is 5.04. The molecule has 0 fully saturated rings. The lowest BCUT2D eigenvalue weighted by atomic mass is 9.78. The van der Waals surface area contributed by atoms with E-state index in [9.17, 15) is 0 Å². The normalized spacial score (nSPS) is 11.4. The Balaban J connectivity index is 3.09. The molecule has 73 valence electrons. The maximum atomic E-state index is 9.08. The molecule has 0 saturated heterocycles. The standard InChI is InChI=1S/C11H12BrN2/c1-11(2,3)10(5-13)8-4-9(12)7-14-6-8/h4,6-7H,1-3H3. The lowest BCUT2D eigenvalue weighted by Crippen LogP contribution is -2.17. The molecule has 0 aliphatic carbocycles. The van der Waals surface area contributed by atoms with E-state index >= 15 is 0 Å². The monoisotopic (exact) mass is 251 g/mol. The first kappa shape index (κ1) is 11.2. The first-order valence-electron chi connectivity index (χ1n) is 4.33. The zero-order valence-electron chi connectivity index (χ0n) is 8.50. The summed E-state index contributed by atoms with van der Waals surface area (Å²) < 4.78 is 0.895. The molecule has 2 nitrogen and oxygen atoms in total. The third-order valence-electron chi connectivity index (χ3n) is 1.86. The molecule has 1 rings (SSSR count). The van der Waals surface area contributed by atoms with Crippen LogP contribution in [0.15, 0.2) is 22.9 Å². The van der Waals surface area contributed by atoms with Crippen molar-refractivity contribution < 1.29 is 0 Å². The van der Waals surface area contributed by atoms with Crippen molar-refractivity contribution >= 4 is 15.9 Å². The molecule has 1 radical (unpaired) electrons. The van der Waals surface area contributed by atoms with Crippen molar-refractivity contribution in [2.24, 2.45) is 5.41 Å². The number of nitriles is 1. The summed E-state index contributed by atoms with van der Waals surface area (Å²) in [6, 6.07) is 4.15. The van der Waals surface area contributed by atoms with Gasteiger partial charge in [-0.25, -0.2) is 0 Å². The van der Waals surface area contributed by atoms with E-state index < -0.39 is 0 Å². The van der Waals surface area contributed by atoms with Gasteiger partial charge in [0.15, 0.2) is 0 Å². The van der Waals surface area contributed by atoms with Gasteiger partial charge in [0.1, 0.15) is 5.92 Å². The van der Waals surface area contributed by atoms with Gasteiger partial charge in [0.25, 0.3) is 0 Å². The highest BCUT2D eigenvalue weighted by atomic mass is 79.9. The van der Waals surface area contributed by atoms with Gasteiger partial charge in [-0.3, -0.25) is 4.98 Å². The van der Waals surface area contributed by atoms with Crippen LogP contribution in [0.25, 0.3) is 0 Å². The average Bonchev–Trinajstić information content (AvgIpc) is 2.02. The van der Waals surface area contributed by atoms with Crippen LogP contribution in [-0.2, 0) is 0 Å². The van der Waals surface area contributed by atoms with Gasteiger partial charge >= 0.3 is 0 Å². The molecule has 0 unspecified atom stereocenters. The molecule has 3 heteroatoms. The molecule has 14 heavy (non-hydrogen) atoms. The van der Waals surface area contributed by atoms with Crippen LogP contribution in [0.5, 0.6) is 0 Å². The van der Waals surface area contributed by atoms with Gasteiger partial charge in [-0.05, 0) is 33.0 Å². The van der Waals surface area contributed by atoms with Crippen LogP contribution >= 0.6 is 15.9 Å². The molecule has 0 aliphatic heterocycles. The molecule has 1 heterocycles. The number of aromatic nitrogens is 1. The molecule has 1 aromatic heterocycles. The van der Waals surface area contributed by atoms with E-state index in [0.717, 1.165) is 16.0 Å². The summed E-state index contributed by atoms with van der Waals surface area (Å²) in [6.45, 7) is 6.06. The van der Waals surface area contributed by atoms with E-state index in [2.05, 4.69) is 27.0 Å². The van der Waals surface area contributed by atoms with Crippen molar-refractivity contribution in [3.05, 3.63) is 34.4 Å². The number of pyridine rings is 1. The molecule has 0 bridgehead atoms. The summed E-state index contributed by atoms with van der Waals surface area (Å²) in [5, 5.41) is 9.08. The lowest BCUT2D eigenvalue weighted by Gasteiger charge is -2.23. The Hall–Kier alpha value is -0.880. The van der Waals surface area contributed by atoms with Crippen molar-refractivity contribution in [1.29, 1.82) is 5.26 Å². The molecule has 1 aromatic rings. The maximum Gasteiger partial charge on any atom is 0.112 e. The van der Waals surface area contributed by atoms with Crippen LogP contribution in [0.2, 0.25) is 0 Å². The van der Waals surface area contributed by atoms with Gasteiger partial charge in [-0.2, -0.15) is 5.26 Å². The highest BCUT2D eigenvalue weighted by Gasteiger charge is 2.27. The van der Waals surface area contributed by atoms with E-state index in [1.165, 1.54) is 0 Å². The Labute approximate surface area is 93.1 Å². The van der Waals surface area contributed by atoms with Crippen molar-refractivity contribution in [1.82, 2.24) is 4.98 Å². The zero-order valence-corrected chi connectivity index (χ0v) is 10.1. The van der Waals surface area contributed by atoms with Crippen LogP contribution in [0.4, 0.5) is 0 Å². The van der Waals surface area contributed by atoms with Crippen LogP contribution < -0.4 is 0 Å². The second-order valence-electron chi connectivity index (χ2n) is 4.13. The molecule has 0 amide bonds. The highest BCUT2D eigenvalue weighted by Crippen LogP contribution is 2.33. The summed E-state index contributed by atoms with van der Waals surface area (Å²) in [6.07, 6.45) is 3.43. The Kier molecular flexibility index (Phi) is 3.28. The maximum absolute atomic E-state index is 9.08. The van der Waals surface area contributed by atoms with Crippen molar-refractivity contribution in [3.63, 3.8) is 0 Å². The van der Waals surface area contributed by atoms with Crippen LogP contribution in [0.3, 0.4) is 0 Å². The fourth-order valence-electron chi connectivity index (χ4n) is 1.21. The predicted molar refractivity (Wildman–Crippen MR) is 59.4 cm³/mol. The molecule has 0 spiro atoms. The van der Waals surface area contributed by atoms with Gasteiger partial charge in [0, 0.05) is 16.9 Å². The molecule has 0 aromatic carbocycles. The Morgan fingerprint density at radius 1 is 1.43 bits per heavy atom. The number of rotatable bonds is 1. The molecule has 0 N–H and O–H groups in total. The lowest BCUT2D eigenvalue weighted by molar-refractivity contribution is 0.472. The summed E-state index contributed by atoms with van der Waals surface area (Å²) in [5.41, 5.74) is 0.742. The van der Waals surface area contributed by atoms with E-state index in [-0.39, 0.29) is 5.41 Å². The molecule has 0 saturated carbocycles. The Morgan fingerprint density at radius 3 is 2.50 bits per heavy atom. The SMILES string of the molecule is CC(C)(C)[C](C#N)c1cncc(Br)c1. The van der Waals surface area contributed by atoms with E-state index in [4.69, 9.17) is 5.26 Å². The minimum absolute atomic E-state index is 0.142. The summed E-state index contributed by atoms with van der Waals surface area (Å²) in [7, 11) is 0. The number of halogens is 1. The topological polar surface area (TPSA) is 36.7 Å². The van der Waals surface area contributed by atoms with E-state index in [1.54, 1.807) is 12.4 Å². The summed E-state index contributed by atoms with van der Waals surface area (Å²) in [4.78, 5) is 4.05. The first-order chi connectivity index (χ1) is 6.45. The van der Waals surface area contributed by atoms with E-state index in [0.29, 0.717) is 0 Å². The quantitative estimate of drug-likeness (QED) is 0.768. The van der Waals surface area contributed by atoms with Gasteiger partial charge < -0.3 is 0 Å². The van der Waals surface area contributed by atoms with Crippen LogP contribution in [0.1, 0.15) is 26.3 Å². The summed E-state index contributed by atoms with van der Waals surface area (Å²) in [5.74, 6) is 0.756. The average molecular weight is 252 g/mol. The number of hydrogen-bond acceptors (Lipinski definition) is 2. The summed E-state index contributed by atoms with van der Waals surface area (Å²) >= 11 is 3.34. The van der Waals surface area contributed by atoms with Crippen LogP contribution in [-0.4, -0.2) is 4.98 Å². The Bertz CT molecular complexity index is 360. The second kappa shape index (κ2) is 4.10.